The Kier molecular flexibility index (Phi) is 3.37. The maximum absolute atomic E-state index is 12.9. The minimum atomic E-state index is 0.0280. The van der Waals surface area contributed by atoms with Crippen LogP contribution in [0.2, 0.25) is 0 Å². The highest BCUT2D eigenvalue weighted by molar-refractivity contribution is 6.04. The number of carbonyl (C=O) groups is 1. The van der Waals surface area contributed by atoms with E-state index in [0.717, 1.165) is 36.0 Å². The number of likely N-dealkylation sites (tertiary alicyclic amines) is 1. The summed E-state index contributed by atoms with van der Waals surface area (Å²) in [6.45, 7) is 3.59. The maximum Gasteiger partial charge on any atom is 0.275 e. The molecule has 23 heavy (non-hydrogen) atoms. The van der Waals surface area contributed by atoms with E-state index in [-0.39, 0.29) is 5.91 Å². The van der Waals surface area contributed by atoms with Gasteiger partial charge in [-0.1, -0.05) is 42.0 Å². The van der Waals surface area contributed by atoms with Crippen LogP contribution < -0.4 is 0 Å². The summed E-state index contributed by atoms with van der Waals surface area (Å²) < 4.78 is 0. The monoisotopic (exact) mass is 305 g/mol. The first-order chi connectivity index (χ1) is 11.2. The third-order valence-corrected chi connectivity index (χ3v) is 4.67. The van der Waals surface area contributed by atoms with Crippen LogP contribution in [0.5, 0.6) is 0 Å². The number of fused-ring (bicyclic) bond motifs is 1. The molecular weight excluding hydrogens is 286 g/mol. The molecule has 1 fully saturated rings. The number of hydrogen-bond donors (Lipinski definition) is 1. The minimum Gasteiger partial charge on any atom is -0.337 e. The number of benzene rings is 2. The SMILES string of the molecule is Cc1ccc2[nH]nc(C(=O)N3CCC(c4ccccc4)C3)c2c1. The van der Waals surface area contributed by atoms with Crippen LogP contribution in [0.1, 0.15) is 34.0 Å². The van der Waals surface area contributed by atoms with Crippen LogP contribution >= 0.6 is 0 Å². The molecular formula is C19H19N3O. The highest BCUT2D eigenvalue weighted by Gasteiger charge is 2.29. The van der Waals surface area contributed by atoms with Crippen LogP contribution in [-0.4, -0.2) is 34.1 Å². The van der Waals surface area contributed by atoms with Gasteiger partial charge in [0.15, 0.2) is 5.69 Å². The van der Waals surface area contributed by atoms with Crippen molar-refractivity contribution < 1.29 is 4.79 Å². The van der Waals surface area contributed by atoms with Gasteiger partial charge in [0.25, 0.3) is 5.91 Å². The van der Waals surface area contributed by atoms with E-state index < -0.39 is 0 Å². The summed E-state index contributed by atoms with van der Waals surface area (Å²) in [7, 11) is 0. The van der Waals surface area contributed by atoms with E-state index >= 15 is 0 Å². The van der Waals surface area contributed by atoms with Gasteiger partial charge in [-0.3, -0.25) is 9.89 Å². The first-order valence-electron chi connectivity index (χ1n) is 8.01. The first kappa shape index (κ1) is 14.0. The zero-order chi connectivity index (χ0) is 15.8. The number of nitrogens with one attached hydrogen (secondary N) is 1. The van der Waals surface area contributed by atoms with Crippen LogP contribution in [0, 0.1) is 6.92 Å². The van der Waals surface area contributed by atoms with Crippen LogP contribution in [-0.2, 0) is 0 Å². The molecule has 4 rings (SSSR count). The maximum atomic E-state index is 12.9. The molecule has 0 bridgehead atoms. The highest BCUT2D eigenvalue weighted by atomic mass is 16.2. The number of aromatic nitrogens is 2. The van der Waals surface area contributed by atoms with Gasteiger partial charge in [0, 0.05) is 24.4 Å². The number of aromatic amines is 1. The molecule has 0 radical (unpaired) electrons. The molecule has 3 aromatic rings. The number of carbonyl (C=O) groups excluding carboxylic acids is 1. The summed E-state index contributed by atoms with van der Waals surface area (Å²) in [5.74, 6) is 0.451. The summed E-state index contributed by atoms with van der Waals surface area (Å²) in [5.41, 5.74) is 3.90. The van der Waals surface area contributed by atoms with Gasteiger partial charge in [0.05, 0.1) is 5.52 Å². The molecule has 1 N–H and O–H groups in total. The van der Waals surface area contributed by atoms with Gasteiger partial charge < -0.3 is 4.90 Å². The molecule has 2 aromatic carbocycles. The summed E-state index contributed by atoms with van der Waals surface area (Å²) in [5, 5.41) is 8.14. The van der Waals surface area contributed by atoms with E-state index in [1.807, 2.05) is 36.1 Å². The molecule has 1 amide bonds. The van der Waals surface area contributed by atoms with E-state index in [4.69, 9.17) is 0 Å². The van der Waals surface area contributed by atoms with Crippen molar-refractivity contribution >= 4 is 16.8 Å². The standard InChI is InChI=1S/C19H19N3O/c1-13-7-8-17-16(11-13)18(21-20-17)19(23)22-10-9-15(12-22)14-5-3-2-4-6-14/h2-8,11,15H,9-10,12H2,1H3,(H,20,21). The van der Waals surface area contributed by atoms with Gasteiger partial charge in [-0.05, 0) is 31.0 Å². The van der Waals surface area contributed by atoms with Crippen molar-refractivity contribution in [3.05, 3.63) is 65.4 Å². The van der Waals surface area contributed by atoms with Crippen molar-refractivity contribution in [1.82, 2.24) is 15.1 Å². The molecule has 0 spiro atoms. The van der Waals surface area contributed by atoms with Crippen molar-refractivity contribution in [2.24, 2.45) is 0 Å². The number of hydrogen-bond acceptors (Lipinski definition) is 2. The lowest BCUT2D eigenvalue weighted by Gasteiger charge is -2.15. The lowest BCUT2D eigenvalue weighted by atomic mass is 9.99. The number of rotatable bonds is 2. The predicted molar refractivity (Wildman–Crippen MR) is 90.5 cm³/mol. The van der Waals surface area contributed by atoms with Gasteiger partial charge in [0.1, 0.15) is 0 Å². The van der Waals surface area contributed by atoms with E-state index in [1.54, 1.807) is 0 Å². The Balaban J connectivity index is 1.59. The van der Waals surface area contributed by atoms with Crippen molar-refractivity contribution in [3.63, 3.8) is 0 Å². The second-order valence-electron chi connectivity index (χ2n) is 6.27. The van der Waals surface area contributed by atoms with Gasteiger partial charge in [-0.25, -0.2) is 0 Å². The third kappa shape index (κ3) is 2.50. The Morgan fingerprint density at radius 1 is 1.22 bits per heavy atom. The van der Waals surface area contributed by atoms with Crippen molar-refractivity contribution in [3.8, 4) is 0 Å². The number of nitrogens with zero attached hydrogens (tertiary/aromatic N) is 2. The first-order valence-corrected chi connectivity index (χ1v) is 8.01. The Hall–Kier alpha value is -2.62. The fourth-order valence-corrected chi connectivity index (χ4v) is 3.38. The summed E-state index contributed by atoms with van der Waals surface area (Å²) in [6.07, 6.45) is 1.01. The largest absolute Gasteiger partial charge is 0.337 e. The lowest BCUT2D eigenvalue weighted by Crippen LogP contribution is -2.28. The van der Waals surface area contributed by atoms with E-state index in [1.165, 1.54) is 5.56 Å². The number of aryl methyl sites for hydroxylation is 1. The Bertz CT molecular complexity index is 853. The lowest BCUT2D eigenvalue weighted by molar-refractivity contribution is 0.0787. The van der Waals surface area contributed by atoms with Crippen molar-refractivity contribution in [2.45, 2.75) is 19.3 Å². The molecule has 0 aliphatic carbocycles. The van der Waals surface area contributed by atoms with Crippen LogP contribution in [0.15, 0.2) is 48.5 Å². The molecule has 4 heteroatoms. The van der Waals surface area contributed by atoms with E-state index in [2.05, 4.69) is 34.5 Å². The van der Waals surface area contributed by atoms with Gasteiger partial charge in [0.2, 0.25) is 0 Å². The molecule has 1 atom stereocenters. The van der Waals surface area contributed by atoms with Gasteiger partial charge >= 0.3 is 0 Å². The highest BCUT2D eigenvalue weighted by Crippen LogP contribution is 2.29. The second-order valence-corrected chi connectivity index (χ2v) is 6.27. The Morgan fingerprint density at radius 2 is 2.04 bits per heavy atom. The van der Waals surface area contributed by atoms with E-state index in [9.17, 15) is 4.79 Å². The molecule has 1 saturated heterocycles. The molecule has 2 heterocycles. The van der Waals surface area contributed by atoms with E-state index in [0.29, 0.717) is 11.6 Å². The molecule has 1 aromatic heterocycles. The number of amides is 1. The topological polar surface area (TPSA) is 49.0 Å². The fourth-order valence-electron chi connectivity index (χ4n) is 3.38. The van der Waals surface area contributed by atoms with Gasteiger partial charge in [-0.2, -0.15) is 5.10 Å². The molecule has 4 nitrogen and oxygen atoms in total. The summed E-state index contributed by atoms with van der Waals surface area (Å²) in [4.78, 5) is 14.8. The third-order valence-electron chi connectivity index (χ3n) is 4.67. The van der Waals surface area contributed by atoms with Crippen LogP contribution in [0.4, 0.5) is 0 Å². The minimum absolute atomic E-state index is 0.0280. The summed E-state index contributed by atoms with van der Waals surface area (Å²) >= 11 is 0. The van der Waals surface area contributed by atoms with Crippen molar-refractivity contribution in [1.29, 1.82) is 0 Å². The molecule has 1 unspecified atom stereocenters. The summed E-state index contributed by atoms with van der Waals surface area (Å²) in [6, 6.07) is 16.5. The normalized spacial score (nSPS) is 17.8. The smallest absolute Gasteiger partial charge is 0.275 e. The van der Waals surface area contributed by atoms with Crippen molar-refractivity contribution in [2.75, 3.05) is 13.1 Å². The second kappa shape index (κ2) is 5.54. The average molecular weight is 305 g/mol. The predicted octanol–water partition coefficient (Wildman–Crippen LogP) is 3.50. The Morgan fingerprint density at radius 3 is 2.87 bits per heavy atom. The molecule has 1 aliphatic rings. The van der Waals surface area contributed by atoms with Crippen LogP contribution in [0.3, 0.4) is 0 Å². The average Bonchev–Trinajstić information content (AvgIpc) is 3.22. The fraction of sp³-hybridized carbons (Fsp3) is 0.263. The zero-order valence-corrected chi connectivity index (χ0v) is 13.1. The number of H-pyrrole nitrogens is 1. The van der Waals surface area contributed by atoms with Crippen LogP contribution in [0.25, 0.3) is 10.9 Å². The Labute approximate surface area is 135 Å². The quantitative estimate of drug-likeness (QED) is 0.787. The molecule has 116 valence electrons. The zero-order valence-electron chi connectivity index (χ0n) is 13.1. The molecule has 1 aliphatic heterocycles. The van der Waals surface area contributed by atoms with Gasteiger partial charge in [-0.15, -0.1) is 0 Å². The molecule has 0 saturated carbocycles.